The lowest BCUT2D eigenvalue weighted by Gasteiger charge is -2.09. The maximum absolute atomic E-state index is 11.9. The Bertz CT molecular complexity index is 2030. The number of hydrogen-bond donors (Lipinski definition) is 3. The van der Waals surface area contributed by atoms with Gasteiger partial charge in [-0.2, -0.15) is 21.9 Å². The first-order valence-electron chi connectivity index (χ1n) is 11.2. The zero-order chi connectivity index (χ0) is 27.8. The molecule has 39 heavy (non-hydrogen) atoms. The second-order valence-corrected chi connectivity index (χ2v) is 11.2. The zero-order valence-electron chi connectivity index (χ0n) is 19.9. The summed E-state index contributed by atoms with van der Waals surface area (Å²) in [5.74, 6) is 0. The Morgan fingerprint density at radius 3 is 1.85 bits per heavy atom. The maximum atomic E-state index is 11.9. The Labute approximate surface area is 222 Å². The number of nitrogens with zero attached hydrogens (tertiary/aromatic N) is 4. The Morgan fingerprint density at radius 2 is 1.18 bits per heavy atom. The lowest BCUT2D eigenvalue weighted by molar-refractivity contribution is 0.481. The summed E-state index contributed by atoms with van der Waals surface area (Å²) < 4.78 is 66.7. The van der Waals surface area contributed by atoms with E-state index in [-0.39, 0.29) is 32.2 Å². The molecule has 0 bridgehead atoms. The molecule has 5 rings (SSSR count). The zero-order valence-corrected chi connectivity index (χ0v) is 21.5. The van der Waals surface area contributed by atoms with Gasteiger partial charge >= 0.3 is 0 Å². The van der Waals surface area contributed by atoms with Gasteiger partial charge < -0.3 is 5.73 Å². The Kier molecular flexibility index (Phi) is 6.66. The largest absolute Gasteiger partial charge is 0.398 e. The molecule has 4 N–H and O–H groups in total. The molecule has 0 aliphatic heterocycles. The van der Waals surface area contributed by atoms with Crippen LogP contribution in [0.2, 0.25) is 0 Å². The van der Waals surface area contributed by atoms with Crippen molar-refractivity contribution in [3.8, 4) is 0 Å². The van der Waals surface area contributed by atoms with Crippen molar-refractivity contribution in [3.63, 3.8) is 0 Å². The molecule has 0 atom stereocenters. The van der Waals surface area contributed by atoms with E-state index in [2.05, 4.69) is 20.5 Å². The van der Waals surface area contributed by atoms with E-state index in [1.165, 1.54) is 42.5 Å². The van der Waals surface area contributed by atoms with E-state index in [1.54, 1.807) is 30.3 Å². The lowest BCUT2D eigenvalue weighted by Crippen LogP contribution is -2.01. The van der Waals surface area contributed by atoms with E-state index in [1.807, 2.05) is 18.2 Å². The summed E-state index contributed by atoms with van der Waals surface area (Å²) in [5.41, 5.74) is 7.64. The molecule has 0 amide bonds. The first kappa shape index (κ1) is 26.1. The smallest absolute Gasteiger partial charge is 0.295 e. The van der Waals surface area contributed by atoms with Crippen LogP contribution in [0, 0.1) is 0 Å². The lowest BCUT2D eigenvalue weighted by atomic mass is 10.1. The minimum Gasteiger partial charge on any atom is -0.398 e. The highest BCUT2D eigenvalue weighted by Gasteiger charge is 2.18. The first-order chi connectivity index (χ1) is 18.5. The van der Waals surface area contributed by atoms with Gasteiger partial charge in [-0.05, 0) is 54.6 Å². The van der Waals surface area contributed by atoms with E-state index in [0.29, 0.717) is 27.5 Å². The molecule has 0 unspecified atom stereocenters. The van der Waals surface area contributed by atoms with E-state index >= 15 is 0 Å². The van der Waals surface area contributed by atoms with Gasteiger partial charge in [0.05, 0.1) is 27.6 Å². The Balaban J connectivity index is 1.67. The molecule has 0 fully saturated rings. The van der Waals surface area contributed by atoms with E-state index < -0.39 is 20.2 Å². The van der Waals surface area contributed by atoms with Gasteiger partial charge in [0.25, 0.3) is 20.2 Å². The molecule has 0 saturated carbocycles. The monoisotopic (exact) mass is 561 g/mol. The van der Waals surface area contributed by atoms with Crippen LogP contribution in [0.15, 0.2) is 121 Å². The standard InChI is InChI=1S/C26H19N5O6S2/c27-21-11-12-23(19-7-4-8-25(26(19)21)39(35,36)37)30-31-24-14-13-22(29-28-16-5-2-1-3-6-16)18-10-9-17(15-20(18)24)38(32,33)34/h1-15H,27H2,(H,32,33,34)(H,35,36,37). The van der Waals surface area contributed by atoms with Gasteiger partial charge in [-0.25, -0.2) is 0 Å². The van der Waals surface area contributed by atoms with Gasteiger partial charge in [-0.15, -0.1) is 15.3 Å². The molecule has 196 valence electrons. The minimum atomic E-state index is -4.57. The molecule has 0 heterocycles. The third kappa shape index (κ3) is 5.37. The highest BCUT2D eigenvalue weighted by atomic mass is 32.2. The van der Waals surface area contributed by atoms with Crippen molar-refractivity contribution in [1.29, 1.82) is 0 Å². The number of nitrogens with two attached hydrogens (primary N) is 1. The van der Waals surface area contributed by atoms with Gasteiger partial charge in [0.15, 0.2) is 0 Å². The van der Waals surface area contributed by atoms with Crippen LogP contribution < -0.4 is 5.73 Å². The summed E-state index contributed by atoms with van der Waals surface area (Å²) in [7, 11) is -9.09. The van der Waals surface area contributed by atoms with Crippen LogP contribution in [0.3, 0.4) is 0 Å². The molecule has 11 nitrogen and oxygen atoms in total. The van der Waals surface area contributed by atoms with Crippen LogP contribution in [0.25, 0.3) is 21.5 Å². The van der Waals surface area contributed by atoms with E-state index in [0.717, 1.165) is 0 Å². The fourth-order valence-electron chi connectivity index (χ4n) is 4.03. The van der Waals surface area contributed by atoms with Crippen molar-refractivity contribution in [2.24, 2.45) is 20.5 Å². The van der Waals surface area contributed by atoms with Crippen molar-refractivity contribution in [2.45, 2.75) is 9.79 Å². The molecule has 5 aromatic rings. The molecular formula is C26H19N5O6S2. The number of nitrogen functional groups attached to an aromatic ring is 1. The Hall–Kier alpha value is -4.56. The molecule has 5 aromatic carbocycles. The van der Waals surface area contributed by atoms with Crippen molar-refractivity contribution in [1.82, 2.24) is 0 Å². The molecule has 0 saturated heterocycles. The van der Waals surface area contributed by atoms with Crippen LogP contribution >= 0.6 is 0 Å². The summed E-state index contributed by atoms with van der Waals surface area (Å²) in [4.78, 5) is -0.717. The number of rotatable bonds is 6. The van der Waals surface area contributed by atoms with Gasteiger partial charge in [0.2, 0.25) is 0 Å². The highest BCUT2D eigenvalue weighted by Crippen LogP contribution is 2.39. The molecule has 0 spiro atoms. The summed E-state index contributed by atoms with van der Waals surface area (Å²) in [6.07, 6.45) is 0. The fourth-order valence-corrected chi connectivity index (χ4v) is 5.27. The summed E-state index contributed by atoms with van der Waals surface area (Å²) >= 11 is 0. The SMILES string of the molecule is Nc1ccc(N=Nc2ccc(N=Nc3ccccc3)c3ccc(S(=O)(=O)O)cc23)c2cccc(S(=O)(=O)O)c12. The average Bonchev–Trinajstić information content (AvgIpc) is 2.91. The summed E-state index contributed by atoms with van der Waals surface area (Å²) in [6.45, 7) is 0. The highest BCUT2D eigenvalue weighted by molar-refractivity contribution is 7.86. The first-order valence-corrected chi connectivity index (χ1v) is 14.1. The van der Waals surface area contributed by atoms with Gasteiger partial charge in [-0.1, -0.05) is 36.4 Å². The predicted molar refractivity (Wildman–Crippen MR) is 147 cm³/mol. The van der Waals surface area contributed by atoms with Crippen LogP contribution in [0.5, 0.6) is 0 Å². The predicted octanol–water partition coefficient (Wildman–Crippen LogP) is 6.90. The molecular weight excluding hydrogens is 542 g/mol. The second kappa shape index (κ2) is 9.96. The number of fused-ring (bicyclic) bond motifs is 2. The number of azo groups is 2. The molecule has 0 radical (unpaired) electrons. The maximum Gasteiger partial charge on any atom is 0.295 e. The number of anilines is 1. The topological polar surface area (TPSA) is 184 Å². The third-order valence-electron chi connectivity index (χ3n) is 5.82. The molecule has 13 heteroatoms. The van der Waals surface area contributed by atoms with E-state index in [9.17, 15) is 25.9 Å². The number of hydrogen-bond acceptors (Lipinski definition) is 9. The number of benzene rings is 5. The summed E-state index contributed by atoms with van der Waals surface area (Å²) in [6, 6.07) is 23.4. The molecule has 0 aliphatic rings. The van der Waals surface area contributed by atoms with Crippen molar-refractivity contribution >= 4 is 70.2 Å². The van der Waals surface area contributed by atoms with Crippen LogP contribution in [-0.4, -0.2) is 25.9 Å². The van der Waals surface area contributed by atoms with Gasteiger partial charge in [0, 0.05) is 27.2 Å². The normalized spacial score (nSPS) is 12.7. The van der Waals surface area contributed by atoms with Crippen molar-refractivity contribution in [2.75, 3.05) is 5.73 Å². The Morgan fingerprint density at radius 1 is 0.564 bits per heavy atom. The minimum absolute atomic E-state index is 0.0895. The summed E-state index contributed by atoms with van der Waals surface area (Å²) in [5, 5.41) is 18.3. The third-order valence-corrected chi connectivity index (χ3v) is 7.57. The second-order valence-electron chi connectivity index (χ2n) is 8.35. The van der Waals surface area contributed by atoms with Crippen molar-refractivity contribution in [3.05, 3.63) is 91.0 Å². The molecule has 0 aliphatic carbocycles. The quantitative estimate of drug-likeness (QED) is 0.114. The van der Waals surface area contributed by atoms with Crippen LogP contribution in [0.4, 0.5) is 28.4 Å². The average molecular weight is 562 g/mol. The van der Waals surface area contributed by atoms with Gasteiger partial charge in [-0.3, -0.25) is 9.11 Å². The fraction of sp³-hybridized carbons (Fsp3) is 0. The molecule has 0 aromatic heterocycles. The van der Waals surface area contributed by atoms with Crippen molar-refractivity contribution < 1.29 is 25.9 Å². The van der Waals surface area contributed by atoms with Gasteiger partial charge in [0.1, 0.15) is 4.90 Å². The van der Waals surface area contributed by atoms with Crippen LogP contribution in [-0.2, 0) is 20.2 Å². The van der Waals surface area contributed by atoms with Crippen LogP contribution in [0.1, 0.15) is 0 Å². The van der Waals surface area contributed by atoms with E-state index in [4.69, 9.17) is 5.73 Å².